The first kappa shape index (κ1) is 19.9. The van der Waals surface area contributed by atoms with Crippen molar-refractivity contribution in [3.8, 4) is 11.3 Å². The van der Waals surface area contributed by atoms with Crippen LogP contribution in [0.5, 0.6) is 0 Å². The highest BCUT2D eigenvalue weighted by molar-refractivity contribution is 6.32. The van der Waals surface area contributed by atoms with Gasteiger partial charge < -0.3 is 9.47 Å². The van der Waals surface area contributed by atoms with Gasteiger partial charge in [-0.2, -0.15) is 0 Å². The zero-order valence-corrected chi connectivity index (χ0v) is 16.4. The van der Waals surface area contributed by atoms with E-state index < -0.39 is 11.9 Å². The molecular weight excluding hydrogens is 354 g/mol. The summed E-state index contributed by atoms with van der Waals surface area (Å²) < 4.78 is 9.84. The minimum atomic E-state index is -0.434. The van der Waals surface area contributed by atoms with Crippen LogP contribution in [0.3, 0.4) is 0 Å². The number of benzene rings is 1. The number of ether oxygens (including phenoxy) is 2. The number of hydrogen-bond donors (Lipinski definition) is 0. The molecule has 1 aromatic carbocycles. The molecule has 138 valence electrons. The van der Waals surface area contributed by atoms with E-state index in [4.69, 9.17) is 21.1 Å². The van der Waals surface area contributed by atoms with Gasteiger partial charge in [0.05, 0.1) is 29.9 Å². The maximum Gasteiger partial charge on any atom is 0.310 e. The Kier molecular flexibility index (Phi) is 6.37. The third kappa shape index (κ3) is 4.41. The molecule has 6 heteroatoms. The fraction of sp³-hybridized carbons (Fsp3) is 0.350. The number of hydrogen-bond acceptors (Lipinski definition) is 5. The number of carbonyl (C=O) groups excluding carboxylic acids is 2. The molecule has 26 heavy (non-hydrogen) atoms. The van der Waals surface area contributed by atoms with E-state index in [0.717, 1.165) is 16.7 Å². The van der Waals surface area contributed by atoms with E-state index in [9.17, 15) is 9.59 Å². The number of halogens is 1. The van der Waals surface area contributed by atoms with Gasteiger partial charge in [-0.25, -0.2) is 4.98 Å². The Morgan fingerprint density at radius 1 is 1.15 bits per heavy atom. The smallest absolute Gasteiger partial charge is 0.310 e. The summed E-state index contributed by atoms with van der Waals surface area (Å²) in [6.45, 7) is 7.19. The molecule has 0 radical (unpaired) electrons. The van der Waals surface area contributed by atoms with E-state index in [0.29, 0.717) is 22.0 Å². The van der Waals surface area contributed by atoms with E-state index in [1.807, 2.05) is 39.0 Å². The molecular formula is C20H22ClNO4. The molecule has 0 aliphatic heterocycles. The summed E-state index contributed by atoms with van der Waals surface area (Å²) in [6, 6.07) is 6.04. The Morgan fingerprint density at radius 3 is 2.42 bits per heavy atom. The van der Waals surface area contributed by atoms with Gasteiger partial charge in [0.15, 0.2) is 0 Å². The normalized spacial score (nSPS) is 10.5. The minimum absolute atomic E-state index is 0.0347. The SMILES string of the molecule is COC(=O)Cc1c(COC(C)=O)nc(-c2ccc(C)c(C)c2)c(C)c1Cl. The molecule has 0 N–H and O–H groups in total. The van der Waals surface area contributed by atoms with Crippen LogP contribution in [0.2, 0.25) is 5.02 Å². The summed E-state index contributed by atoms with van der Waals surface area (Å²) in [5.41, 5.74) is 5.68. The van der Waals surface area contributed by atoms with Crippen LogP contribution < -0.4 is 0 Å². The predicted molar refractivity (Wildman–Crippen MR) is 100 cm³/mol. The number of rotatable bonds is 5. The van der Waals surface area contributed by atoms with E-state index in [2.05, 4.69) is 4.98 Å². The van der Waals surface area contributed by atoms with Crippen LogP contribution in [0, 0.1) is 20.8 Å². The van der Waals surface area contributed by atoms with E-state index >= 15 is 0 Å². The molecule has 0 fully saturated rings. The van der Waals surface area contributed by atoms with Gasteiger partial charge in [0, 0.05) is 18.1 Å². The molecule has 0 spiro atoms. The standard InChI is InChI=1S/C20H22ClNO4/c1-11-6-7-15(8-12(11)2)20-13(3)19(21)16(9-18(24)25-5)17(22-20)10-26-14(4)23/h6-8H,9-10H2,1-5H3. The minimum Gasteiger partial charge on any atom is -0.469 e. The Bertz CT molecular complexity index is 861. The molecule has 0 atom stereocenters. The zero-order chi connectivity index (χ0) is 19.4. The van der Waals surface area contributed by atoms with Gasteiger partial charge in [-0.05, 0) is 43.5 Å². The van der Waals surface area contributed by atoms with Crippen LogP contribution in [0.1, 0.15) is 34.9 Å². The van der Waals surface area contributed by atoms with Gasteiger partial charge in [0.2, 0.25) is 0 Å². The van der Waals surface area contributed by atoms with Gasteiger partial charge >= 0.3 is 11.9 Å². The fourth-order valence-corrected chi connectivity index (χ4v) is 2.86. The van der Waals surface area contributed by atoms with Gasteiger partial charge in [-0.3, -0.25) is 9.59 Å². The van der Waals surface area contributed by atoms with E-state index in [1.165, 1.54) is 19.6 Å². The molecule has 5 nitrogen and oxygen atoms in total. The molecule has 2 rings (SSSR count). The Balaban J connectivity index is 2.61. The average molecular weight is 376 g/mol. The van der Waals surface area contributed by atoms with E-state index in [-0.39, 0.29) is 13.0 Å². The second-order valence-corrected chi connectivity index (χ2v) is 6.53. The maximum atomic E-state index is 11.8. The summed E-state index contributed by atoms with van der Waals surface area (Å²) in [5, 5.41) is 0.431. The lowest BCUT2D eigenvalue weighted by atomic mass is 9.98. The number of aromatic nitrogens is 1. The van der Waals surface area contributed by atoms with Crippen LogP contribution in [-0.2, 0) is 32.1 Å². The fourth-order valence-electron chi connectivity index (χ4n) is 2.60. The molecule has 0 aliphatic carbocycles. The second-order valence-electron chi connectivity index (χ2n) is 6.16. The topological polar surface area (TPSA) is 65.5 Å². The molecule has 0 saturated heterocycles. The summed E-state index contributed by atoms with van der Waals surface area (Å²) in [4.78, 5) is 27.6. The summed E-state index contributed by atoms with van der Waals surface area (Å²) in [5.74, 6) is -0.864. The summed E-state index contributed by atoms with van der Waals surface area (Å²) in [6.07, 6.45) is -0.0347. The maximum absolute atomic E-state index is 11.8. The molecule has 0 unspecified atom stereocenters. The molecule has 0 amide bonds. The van der Waals surface area contributed by atoms with Crippen molar-refractivity contribution in [1.29, 1.82) is 0 Å². The zero-order valence-electron chi connectivity index (χ0n) is 15.6. The van der Waals surface area contributed by atoms with Crippen LogP contribution in [0.15, 0.2) is 18.2 Å². The molecule has 1 aromatic heterocycles. The third-order valence-electron chi connectivity index (χ3n) is 4.29. The lowest BCUT2D eigenvalue weighted by Gasteiger charge is -2.16. The Hall–Kier alpha value is -2.40. The Morgan fingerprint density at radius 2 is 1.85 bits per heavy atom. The van der Waals surface area contributed by atoms with Gasteiger partial charge in [-0.15, -0.1) is 0 Å². The van der Waals surface area contributed by atoms with Gasteiger partial charge in [0.1, 0.15) is 6.61 Å². The van der Waals surface area contributed by atoms with Crippen LogP contribution in [0.4, 0.5) is 0 Å². The quantitative estimate of drug-likeness (QED) is 0.736. The number of methoxy groups -OCH3 is 1. The van der Waals surface area contributed by atoms with Crippen molar-refractivity contribution in [3.05, 3.63) is 51.2 Å². The number of aryl methyl sites for hydroxylation is 2. The van der Waals surface area contributed by atoms with Crippen molar-refractivity contribution in [3.63, 3.8) is 0 Å². The molecule has 2 aromatic rings. The summed E-state index contributed by atoms with van der Waals surface area (Å²) in [7, 11) is 1.31. The van der Waals surface area contributed by atoms with Gasteiger partial charge in [0.25, 0.3) is 0 Å². The highest BCUT2D eigenvalue weighted by atomic mass is 35.5. The van der Waals surface area contributed by atoms with Gasteiger partial charge in [-0.1, -0.05) is 23.7 Å². The van der Waals surface area contributed by atoms with Crippen LogP contribution >= 0.6 is 11.6 Å². The van der Waals surface area contributed by atoms with Crippen molar-refractivity contribution < 1.29 is 19.1 Å². The third-order valence-corrected chi connectivity index (χ3v) is 4.80. The van der Waals surface area contributed by atoms with E-state index in [1.54, 1.807) is 0 Å². The number of carbonyl (C=O) groups is 2. The monoisotopic (exact) mass is 375 g/mol. The number of nitrogens with zero attached hydrogens (tertiary/aromatic N) is 1. The van der Waals surface area contributed by atoms with Crippen molar-refractivity contribution >= 4 is 23.5 Å². The summed E-state index contributed by atoms with van der Waals surface area (Å²) >= 11 is 6.55. The lowest BCUT2D eigenvalue weighted by Crippen LogP contribution is -2.12. The van der Waals surface area contributed by atoms with Crippen molar-refractivity contribution in [1.82, 2.24) is 4.98 Å². The highest BCUT2D eigenvalue weighted by Gasteiger charge is 2.20. The number of pyridine rings is 1. The van der Waals surface area contributed by atoms with Crippen molar-refractivity contribution in [2.24, 2.45) is 0 Å². The molecule has 0 saturated carbocycles. The van der Waals surface area contributed by atoms with Crippen molar-refractivity contribution in [2.75, 3.05) is 7.11 Å². The first-order valence-electron chi connectivity index (χ1n) is 8.20. The average Bonchev–Trinajstić information content (AvgIpc) is 2.60. The largest absolute Gasteiger partial charge is 0.469 e. The first-order valence-corrected chi connectivity index (χ1v) is 8.58. The first-order chi connectivity index (χ1) is 12.2. The van der Waals surface area contributed by atoms with Crippen LogP contribution in [0.25, 0.3) is 11.3 Å². The molecule has 0 aliphatic rings. The molecule has 1 heterocycles. The predicted octanol–water partition coefficient (Wildman–Crippen LogP) is 4.11. The van der Waals surface area contributed by atoms with Crippen molar-refractivity contribution in [2.45, 2.75) is 40.7 Å². The number of esters is 2. The highest BCUT2D eigenvalue weighted by Crippen LogP contribution is 2.33. The van der Waals surface area contributed by atoms with Crippen LogP contribution in [-0.4, -0.2) is 24.0 Å². The molecule has 0 bridgehead atoms. The second kappa shape index (κ2) is 8.32. The lowest BCUT2D eigenvalue weighted by molar-refractivity contribution is -0.142. The Labute approximate surface area is 158 Å².